The Morgan fingerprint density at radius 3 is 2.53 bits per heavy atom. The second kappa shape index (κ2) is 8.64. The van der Waals surface area contributed by atoms with Crippen molar-refractivity contribution in [2.24, 2.45) is 0 Å². The zero-order valence-electron chi connectivity index (χ0n) is 16.8. The summed E-state index contributed by atoms with van der Waals surface area (Å²) in [5.74, 6) is 1.33. The highest BCUT2D eigenvalue weighted by Gasteiger charge is 2.17. The van der Waals surface area contributed by atoms with Crippen molar-refractivity contribution in [2.45, 2.75) is 31.7 Å². The van der Waals surface area contributed by atoms with Crippen molar-refractivity contribution in [3.05, 3.63) is 53.1 Å². The topological polar surface area (TPSA) is 84.2 Å². The van der Waals surface area contributed by atoms with Gasteiger partial charge < -0.3 is 14.8 Å². The van der Waals surface area contributed by atoms with Crippen LogP contribution in [-0.4, -0.2) is 23.4 Å². The van der Waals surface area contributed by atoms with Crippen LogP contribution in [-0.2, 0) is 17.6 Å². The molecule has 1 N–H and O–H groups in total. The number of benzene rings is 2. The van der Waals surface area contributed by atoms with E-state index in [2.05, 4.69) is 30.2 Å². The molecule has 2 aromatic carbocycles. The second-order valence-corrected chi connectivity index (χ2v) is 7.81. The summed E-state index contributed by atoms with van der Waals surface area (Å²) in [6.45, 7) is 4.32. The highest BCUT2D eigenvalue weighted by molar-refractivity contribution is 8.00. The number of hydrogen-bond donors (Lipinski definition) is 1. The van der Waals surface area contributed by atoms with Crippen molar-refractivity contribution in [2.75, 3.05) is 17.9 Å². The molecule has 0 atom stereocenters. The van der Waals surface area contributed by atoms with E-state index in [1.54, 1.807) is 12.1 Å². The van der Waals surface area contributed by atoms with Crippen LogP contribution in [0.4, 0.5) is 5.69 Å². The monoisotopic (exact) mass is 419 g/mol. The van der Waals surface area contributed by atoms with Crippen LogP contribution in [0.15, 0.2) is 41.4 Å². The number of fused-ring (bicyclic) bond motifs is 2. The van der Waals surface area contributed by atoms with Gasteiger partial charge in [-0.05, 0) is 36.1 Å². The Kier molecular flexibility index (Phi) is 5.77. The van der Waals surface area contributed by atoms with Crippen molar-refractivity contribution in [1.82, 2.24) is 4.98 Å². The van der Waals surface area contributed by atoms with Crippen molar-refractivity contribution in [1.29, 1.82) is 5.26 Å². The minimum atomic E-state index is -0.118. The molecule has 152 valence electrons. The summed E-state index contributed by atoms with van der Waals surface area (Å²) in [5, 5.41) is 13.9. The van der Waals surface area contributed by atoms with Crippen LogP contribution in [0.3, 0.4) is 0 Å². The van der Waals surface area contributed by atoms with Gasteiger partial charge in [0.1, 0.15) is 11.1 Å². The summed E-state index contributed by atoms with van der Waals surface area (Å²) in [6, 6.07) is 13.7. The summed E-state index contributed by atoms with van der Waals surface area (Å²) in [5.41, 5.74) is 4.26. The molecule has 1 aliphatic rings. The van der Waals surface area contributed by atoms with E-state index in [-0.39, 0.29) is 18.5 Å². The summed E-state index contributed by atoms with van der Waals surface area (Å²) in [6.07, 6.45) is 1.69. The molecule has 0 bridgehead atoms. The molecular weight excluding hydrogens is 398 g/mol. The van der Waals surface area contributed by atoms with Crippen molar-refractivity contribution >= 4 is 34.3 Å². The number of aryl methyl sites for hydroxylation is 2. The van der Waals surface area contributed by atoms with Gasteiger partial charge in [0.15, 0.2) is 11.5 Å². The minimum absolute atomic E-state index is 0.118. The number of nitriles is 1. The first-order chi connectivity index (χ1) is 14.6. The van der Waals surface area contributed by atoms with Crippen molar-refractivity contribution < 1.29 is 14.3 Å². The predicted molar refractivity (Wildman–Crippen MR) is 117 cm³/mol. The van der Waals surface area contributed by atoms with E-state index in [0.717, 1.165) is 35.0 Å². The van der Waals surface area contributed by atoms with E-state index in [9.17, 15) is 10.1 Å². The third-order valence-corrected chi connectivity index (χ3v) is 5.99. The van der Waals surface area contributed by atoms with Crippen LogP contribution in [0, 0.1) is 11.3 Å². The Balaban J connectivity index is 1.54. The van der Waals surface area contributed by atoms with Gasteiger partial charge in [0.05, 0.1) is 16.8 Å². The van der Waals surface area contributed by atoms with Gasteiger partial charge >= 0.3 is 0 Å². The Labute approximate surface area is 179 Å². The molecule has 0 saturated heterocycles. The number of rotatable bonds is 6. The molecule has 7 heteroatoms. The van der Waals surface area contributed by atoms with Gasteiger partial charge in [-0.2, -0.15) is 5.26 Å². The number of nitrogens with zero attached hydrogens (tertiary/aromatic N) is 2. The predicted octanol–water partition coefficient (Wildman–Crippen LogP) is 4.69. The first-order valence-electron chi connectivity index (χ1n) is 9.80. The van der Waals surface area contributed by atoms with E-state index in [1.165, 1.54) is 11.8 Å². The van der Waals surface area contributed by atoms with Gasteiger partial charge in [-0.3, -0.25) is 4.79 Å². The standard InChI is InChI=1S/C23H21N3O3S/c1-3-14-6-5-7-15(4-2)22(14)26-21(27)12-30-23-17(11-24)8-16-9-19-20(29-13-28-19)10-18(16)25-23/h5-10H,3-4,12-13H2,1-2H3,(H,26,27). The molecule has 30 heavy (non-hydrogen) atoms. The molecule has 0 fully saturated rings. The van der Waals surface area contributed by atoms with Crippen LogP contribution in [0.5, 0.6) is 11.5 Å². The van der Waals surface area contributed by atoms with Gasteiger partial charge in [0.2, 0.25) is 12.7 Å². The first-order valence-corrected chi connectivity index (χ1v) is 10.8. The van der Waals surface area contributed by atoms with Crippen LogP contribution < -0.4 is 14.8 Å². The number of hydrogen-bond acceptors (Lipinski definition) is 6. The van der Waals surface area contributed by atoms with Crippen molar-refractivity contribution in [3.63, 3.8) is 0 Å². The fourth-order valence-corrected chi connectivity index (χ4v) is 4.21. The number of thioether (sulfide) groups is 1. The number of aromatic nitrogens is 1. The second-order valence-electron chi connectivity index (χ2n) is 6.85. The van der Waals surface area contributed by atoms with E-state index in [0.29, 0.717) is 27.6 Å². The third kappa shape index (κ3) is 3.91. The highest BCUT2D eigenvalue weighted by atomic mass is 32.2. The number of carbonyl (C=O) groups is 1. The Hall–Kier alpha value is -3.24. The third-order valence-electron chi connectivity index (χ3n) is 5.00. The lowest BCUT2D eigenvalue weighted by atomic mass is 10.0. The lowest BCUT2D eigenvalue weighted by Crippen LogP contribution is -2.17. The summed E-state index contributed by atoms with van der Waals surface area (Å²) < 4.78 is 10.8. The highest BCUT2D eigenvalue weighted by Crippen LogP contribution is 2.37. The van der Waals surface area contributed by atoms with Gasteiger partial charge in [-0.15, -0.1) is 0 Å². The maximum Gasteiger partial charge on any atom is 0.234 e. The maximum absolute atomic E-state index is 12.7. The van der Waals surface area contributed by atoms with Crippen LogP contribution in [0.2, 0.25) is 0 Å². The number of pyridine rings is 1. The smallest absolute Gasteiger partial charge is 0.234 e. The first kappa shape index (κ1) is 20.0. The SMILES string of the molecule is CCc1cccc(CC)c1NC(=O)CSc1nc2cc3c(cc2cc1C#N)OCO3. The molecule has 0 radical (unpaired) electrons. The molecule has 0 aliphatic carbocycles. The van der Waals surface area contributed by atoms with Gasteiger partial charge in [-0.25, -0.2) is 4.98 Å². The normalized spacial score (nSPS) is 12.0. The number of amides is 1. The summed E-state index contributed by atoms with van der Waals surface area (Å²) in [7, 11) is 0. The number of carbonyl (C=O) groups excluding carboxylic acids is 1. The number of ether oxygens (including phenoxy) is 2. The quantitative estimate of drug-likeness (QED) is 0.584. The molecule has 6 nitrogen and oxygen atoms in total. The summed E-state index contributed by atoms with van der Waals surface area (Å²) >= 11 is 1.26. The zero-order chi connectivity index (χ0) is 21.1. The molecule has 1 aliphatic heterocycles. The fourth-order valence-electron chi connectivity index (χ4n) is 3.45. The molecule has 4 rings (SSSR count). The molecule has 3 aromatic rings. The number of nitrogens with one attached hydrogen (secondary N) is 1. The van der Waals surface area contributed by atoms with E-state index in [4.69, 9.17) is 9.47 Å². The average molecular weight is 420 g/mol. The molecule has 0 saturated carbocycles. The Morgan fingerprint density at radius 1 is 1.17 bits per heavy atom. The zero-order valence-corrected chi connectivity index (χ0v) is 17.6. The lowest BCUT2D eigenvalue weighted by Gasteiger charge is -2.14. The van der Waals surface area contributed by atoms with Gasteiger partial charge in [0.25, 0.3) is 0 Å². The van der Waals surface area contributed by atoms with E-state index in [1.807, 2.05) is 24.3 Å². The molecular formula is C23H21N3O3S. The largest absolute Gasteiger partial charge is 0.454 e. The average Bonchev–Trinajstić information content (AvgIpc) is 3.22. The van der Waals surface area contributed by atoms with Gasteiger partial charge in [0, 0.05) is 17.1 Å². The number of anilines is 1. The minimum Gasteiger partial charge on any atom is -0.454 e. The maximum atomic E-state index is 12.7. The Morgan fingerprint density at radius 2 is 1.87 bits per heavy atom. The molecule has 1 amide bonds. The van der Waals surface area contributed by atoms with Crippen LogP contribution >= 0.6 is 11.8 Å². The molecule has 1 aromatic heterocycles. The molecule has 0 spiro atoms. The molecule has 2 heterocycles. The van der Waals surface area contributed by atoms with E-state index >= 15 is 0 Å². The van der Waals surface area contributed by atoms with E-state index < -0.39 is 0 Å². The van der Waals surface area contributed by atoms with Crippen molar-refractivity contribution in [3.8, 4) is 17.6 Å². The van der Waals surface area contributed by atoms with Gasteiger partial charge in [-0.1, -0.05) is 43.8 Å². The van der Waals surface area contributed by atoms with Crippen LogP contribution in [0.1, 0.15) is 30.5 Å². The Bertz CT molecular complexity index is 1150. The van der Waals surface area contributed by atoms with Crippen LogP contribution in [0.25, 0.3) is 10.9 Å². The number of para-hydroxylation sites is 1. The summed E-state index contributed by atoms with van der Waals surface area (Å²) in [4.78, 5) is 17.3. The lowest BCUT2D eigenvalue weighted by molar-refractivity contribution is -0.113. The molecule has 0 unspecified atom stereocenters. The fraction of sp³-hybridized carbons (Fsp3) is 0.261.